The minimum absolute atomic E-state index is 0.119. The number of rotatable bonds is 6. The Balaban J connectivity index is 1.34. The summed E-state index contributed by atoms with van der Waals surface area (Å²) in [4.78, 5) is 23.7. The zero-order valence-electron chi connectivity index (χ0n) is 16.9. The van der Waals surface area contributed by atoms with E-state index in [0.717, 1.165) is 48.0 Å². The summed E-state index contributed by atoms with van der Waals surface area (Å²) in [6.45, 7) is 0. The van der Waals surface area contributed by atoms with Gasteiger partial charge in [-0.3, -0.25) is 4.79 Å². The molecule has 1 aliphatic rings. The van der Waals surface area contributed by atoms with Crippen LogP contribution in [0.1, 0.15) is 31.2 Å². The van der Waals surface area contributed by atoms with Crippen molar-refractivity contribution in [3.63, 3.8) is 0 Å². The first-order valence-corrected chi connectivity index (χ1v) is 11.0. The highest BCUT2D eigenvalue weighted by atomic mass is 32.1. The van der Waals surface area contributed by atoms with E-state index in [4.69, 9.17) is 9.97 Å². The van der Waals surface area contributed by atoms with Crippen molar-refractivity contribution in [1.82, 2.24) is 15.3 Å². The van der Waals surface area contributed by atoms with Gasteiger partial charge in [-0.1, -0.05) is 12.1 Å². The first kappa shape index (κ1) is 19.6. The van der Waals surface area contributed by atoms with Gasteiger partial charge in [0.25, 0.3) is 0 Å². The highest BCUT2D eigenvalue weighted by Gasteiger charge is 2.23. The van der Waals surface area contributed by atoms with Gasteiger partial charge in [0.15, 0.2) is 0 Å². The normalized spacial score (nSPS) is 19.1. The molecule has 1 fully saturated rings. The van der Waals surface area contributed by atoms with Crippen LogP contribution in [0.25, 0.3) is 10.9 Å². The molecule has 0 unspecified atom stereocenters. The van der Waals surface area contributed by atoms with Gasteiger partial charge in [-0.05, 0) is 60.2 Å². The Kier molecular flexibility index (Phi) is 5.94. The van der Waals surface area contributed by atoms with Gasteiger partial charge in [-0.15, -0.1) is 0 Å². The van der Waals surface area contributed by atoms with E-state index in [1.807, 2.05) is 54.0 Å². The third-order valence-corrected chi connectivity index (χ3v) is 6.11. The molecule has 6 nitrogen and oxygen atoms in total. The van der Waals surface area contributed by atoms with Crippen LogP contribution in [-0.2, 0) is 11.2 Å². The van der Waals surface area contributed by atoms with E-state index in [9.17, 15) is 4.79 Å². The lowest BCUT2D eigenvalue weighted by atomic mass is 9.91. The van der Waals surface area contributed by atoms with Gasteiger partial charge in [0.2, 0.25) is 11.9 Å². The molecule has 2 aromatic heterocycles. The zero-order valence-corrected chi connectivity index (χ0v) is 17.7. The largest absolute Gasteiger partial charge is 0.362 e. The summed E-state index contributed by atoms with van der Waals surface area (Å²) < 4.78 is 0. The summed E-state index contributed by atoms with van der Waals surface area (Å²) in [5.41, 5.74) is 2.04. The minimum atomic E-state index is 0.119. The van der Waals surface area contributed by atoms with Crippen LogP contribution in [0.5, 0.6) is 0 Å². The SMILES string of the molecule is CN(C)c1nc(NC2CCC(NC(=O)Cc3ccsc3)CC2)nc2ccccc12. The molecule has 0 atom stereocenters. The van der Waals surface area contributed by atoms with Crippen molar-refractivity contribution in [1.29, 1.82) is 0 Å². The number of fused-ring (bicyclic) bond motifs is 1. The average Bonchev–Trinajstić information content (AvgIpc) is 3.21. The Morgan fingerprint density at radius 1 is 1.10 bits per heavy atom. The predicted molar refractivity (Wildman–Crippen MR) is 120 cm³/mol. The summed E-state index contributed by atoms with van der Waals surface area (Å²) in [5.74, 6) is 1.72. The monoisotopic (exact) mass is 409 g/mol. The number of aromatic nitrogens is 2. The van der Waals surface area contributed by atoms with Crippen LogP contribution in [0.3, 0.4) is 0 Å². The van der Waals surface area contributed by atoms with E-state index in [0.29, 0.717) is 18.4 Å². The second-order valence-corrected chi connectivity index (χ2v) is 8.63. The quantitative estimate of drug-likeness (QED) is 0.647. The minimum Gasteiger partial charge on any atom is -0.362 e. The lowest BCUT2D eigenvalue weighted by Gasteiger charge is -2.30. The number of amides is 1. The maximum Gasteiger partial charge on any atom is 0.225 e. The molecule has 152 valence electrons. The topological polar surface area (TPSA) is 70.2 Å². The molecule has 0 aliphatic heterocycles. The second kappa shape index (κ2) is 8.78. The number of thiophene rings is 1. The number of nitrogens with one attached hydrogen (secondary N) is 2. The van der Waals surface area contributed by atoms with Crippen LogP contribution in [0.2, 0.25) is 0 Å². The molecule has 0 saturated heterocycles. The van der Waals surface area contributed by atoms with E-state index in [1.54, 1.807) is 11.3 Å². The highest BCUT2D eigenvalue weighted by molar-refractivity contribution is 7.08. The van der Waals surface area contributed by atoms with Gasteiger partial charge in [0, 0.05) is 31.6 Å². The fraction of sp³-hybridized carbons (Fsp3) is 0.409. The van der Waals surface area contributed by atoms with Gasteiger partial charge >= 0.3 is 0 Å². The maximum atomic E-state index is 12.2. The molecule has 29 heavy (non-hydrogen) atoms. The summed E-state index contributed by atoms with van der Waals surface area (Å²) in [7, 11) is 4.01. The Hall–Kier alpha value is -2.67. The van der Waals surface area contributed by atoms with E-state index >= 15 is 0 Å². The van der Waals surface area contributed by atoms with Crippen LogP contribution in [0.4, 0.5) is 11.8 Å². The fourth-order valence-corrected chi connectivity index (χ4v) is 4.56. The summed E-state index contributed by atoms with van der Waals surface area (Å²) in [6.07, 6.45) is 4.41. The van der Waals surface area contributed by atoms with Crippen LogP contribution >= 0.6 is 11.3 Å². The third-order valence-electron chi connectivity index (χ3n) is 5.38. The van der Waals surface area contributed by atoms with Crippen LogP contribution in [0.15, 0.2) is 41.1 Å². The van der Waals surface area contributed by atoms with E-state index in [1.165, 1.54) is 0 Å². The number of nitrogens with zero attached hydrogens (tertiary/aromatic N) is 3. The zero-order chi connectivity index (χ0) is 20.2. The standard InChI is InChI=1S/C22H27N5OS/c1-27(2)21-18-5-3-4-6-19(18)25-22(26-21)24-17-9-7-16(8-10-17)23-20(28)13-15-11-12-29-14-15/h3-6,11-12,14,16-17H,7-10,13H2,1-2H3,(H,23,28)(H,24,25,26). The van der Waals surface area contributed by atoms with Gasteiger partial charge < -0.3 is 15.5 Å². The van der Waals surface area contributed by atoms with Gasteiger partial charge in [-0.25, -0.2) is 4.98 Å². The molecule has 1 aromatic carbocycles. The molecule has 2 heterocycles. The second-order valence-electron chi connectivity index (χ2n) is 7.85. The Labute approximate surface area is 175 Å². The molecular formula is C22H27N5OS. The first-order valence-electron chi connectivity index (χ1n) is 10.1. The van der Waals surface area contributed by atoms with Crippen molar-refractivity contribution in [3.8, 4) is 0 Å². The number of hydrogen-bond donors (Lipinski definition) is 2. The number of carbonyl (C=O) groups excluding carboxylic acids is 1. The number of anilines is 2. The third kappa shape index (κ3) is 4.85. The van der Waals surface area contributed by atoms with Crippen molar-refractivity contribution in [2.24, 2.45) is 0 Å². The predicted octanol–water partition coefficient (Wildman–Crippen LogP) is 3.84. The van der Waals surface area contributed by atoms with E-state index in [2.05, 4.69) is 16.7 Å². The molecule has 0 radical (unpaired) electrons. The van der Waals surface area contributed by atoms with Gasteiger partial charge in [0.1, 0.15) is 5.82 Å². The van der Waals surface area contributed by atoms with E-state index in [-0.39, 0.29) is 11.9 Å². The van der Waals surface area contributed by atoms with Crippen molar-refractivity contribution < 1.29 is 4.79 Å². The van der Waals surface area contributed by atoms with E-state index < -0.39 is 0 Å². The molecule has 3 aromatic rings. The molecule has 7 heteroatoms. The average molecular weight is 410 g/mol. The fourth-order valence-electron chi connectivity index (χ4n) is 3.89. The molecule has 4 rings (SSSR count). The summed E-state index contributed by atoms with van der Waals surface area (Å²) >= 11 is 1.63. The van der Waals surface area contributed by atoms with Crippen molar-refractivity contribution in [2.45, 2.75) is 44.2 Å². The van der Waals surface area contributed by atoms with Gasteiger partial charge in [0.05, 0.1) is 11.9 Å². The molecule has 1 aliphatic carbocycles. The van der Waals surface area contributed by atoms with Crippen molar-refractivity contribution in [2.75, 3.05) is 24.3 Å². The maximum absolute atomic E-state index is 12.2. The Morgan fingerprint density at radius 2 is 1.86 bits per heavy atom. The molecule has 1 amide bonds. The number of para-hydroxylation sites is 1. The summed E-state index contributed by atoms with van der Waals surface area (Å²) in [5, 5.41) is 11.8. The molecule has 2 N–H and O–H groups in total. The number of benzene rings is 1. The number of hydrogen-bond acceptors (Lipinski definition) is 6. The lowest BCUT2D eigenvalue weighted by Crippen LogP contribution is -2.40. The molecule has 0 bridgehead atoms. The van der Waals surface area contributed by atoms with Crippen LogP contribution in [-0.4, -0.2) is 42.1 Å². The Morgan fingerprint density at radius 3 is 2.59 bits per heavy atom. The highest BCUT2D eigenvalue weighted by Crippen LogP contribution is 2.26. The first-order chi connectivity index (χ1) is 14.1. The lowest BCUT2D eigenvalue weighted by molar-refractivity contribution is -0.121. The molecule has 0 spiro atoms. The van der Waals surface area contributed by atoms with Crippen molar-refractivity contribution >= 4 is 39.9 Å². The molecule has 1 saturated carbocycles. The van der Waals surface area contributed by atoms with Crippen molar-refractivity contribution in [3.05, 3.63) is 46.7 Å². The van der Waals surface area contributed by atoms with Gasteiger partial charge in [-0.2, -0.15) is 16.3 Å². The Bertz CT molecular complexity index is 965. The molecular weight excluding hydrogens is 382 g/mol. The smallest absolute Gasteiger partial charge is 0.225 e. The number of carbonyl (C=O) groups is 1. The van der Waals surface area contributed by atoms with Crippen LogP contribution < -0.4 is 15.5 Å². The summed E-state index contributed by atoms with van der Waals surface area (Å²) in [6, 6.07) is 10.7. The van der Waals surface area contributed by atoms with Crippen LogP contribution in [0, 0.1) is 0 Å².